The van der Waals surface area contributed by atoms with Crippen molar-refractivity contribution in [1.29, 1.82) is 0 Å². The van der Waals surface area contributed by atoms with Crippen LogP contribution in [-0.2, 0) is 0 Å². The number of fused-ring (bicyclic) bond motifs is 1. The van der Waals surface area contributed by atoms with Crippen LogP contribution in [0.25, 0.3) is 39.1 Å². The first kappa shape index (κ1) is 18.3. The lowest BCUT2D eigenvalue weighted by Crippen LogP contribution is -1.85. The maximum Gasteiger partial charge on any atom is 0.181 e. The van der Waals surface area contributed by atoms with Crippen LogP contribution in [0.1, 0.15) is 21.0 Å². The summed E-state index contributed by atoms with van der Waals surface area (Å²) in [5.74, 6) is 0. The van der Waals surface area contributed by atoms with Gasteiger partial charge in [0.25, 0.3) is 0 Å². The van der Waals surface area contributed by atoms with Gasteiger partial charge in [-0.1, -0.05) is 18.7 Å². The zero-order valence-electron chi connectivity index (χ0n) is 16.7. The number of aryl methyl sites for hydroxylation is 2. The molecule has 0 aliphatic rings. The molecule has 7 heteroatoms. The van der Waals surface area contributed by atoms with E-state index in [1.165, 1.54) is 9.75 Å². The topological polar surface area (TPSA) is 86.0 Å². The first-order valence-electron chi connectivity index (χ1n) is 9.57. The highest BCUT2D eigenvalue weighted by Gasteiger charge is 2.17. The minimum atomic E-state index is 0.682. The van der Waals surface area contributed by atoms with Crippen LogP contribution in [0.15, 0.2) is 61.6 Å². The molecular weight excluding hydrogens is 392 g/mol. The fourth-order valence-electron chi connectivity index (χ4n) is 3.65. The van der Waals surface area contributed by atoms with Crippen LogP contribution in [0.2, 0.25) is 0 Å². The Bertz CT molecular complexity index is 1380. The van der Waals surface area contributed by atoms with E-state index in [1.54, 1.807) is 17.5 Å². The summed E-state index contributed by atoms with van der Waals surface area (Å²) in [6.07, 6.45) is 9.36. The molecule has 0 fully saturated rings. The molecule has 0 unspecified atom stereocenters. The smallest absolute Gasteiger partial charge is 0.181 e. The van der Waals surface area contributed by atoms with Crippen molar-refractivity contribution >= 4 is 27.9 Å². The van der Waals surface area contributed by atoms with Crippen LogP contribution >= 0.6 is 11.3 Å². The molecule has 0 aliphatic heterocycles. The standard InChI is InChI=1S/C23H20N6S/c1-4-5-17(21-7-6-13(2)30-21)18-9-20(27-14(18)3)22-19-8-15(16-11-25-26-12-16)10-24-23(19)29-28-22/h4-12,27H,1H2,2-3H3,(H,25,26)(H,24,28,29)/b17-5+. The first-order valence-corrected chi connectivity index (χ1v) is 10.4. The van der Waals surface area contributed by atoms with Crippen molar-refractivity contribution in [2.75, 3.05) is 0 Å². The second kappa shape index (κ2) is 7.27. The third-order valence-corrected chi connectivity index (χ3v) is 6.14. The second-order valence-electron chi connectivity index (χ2n) is 7.13. The maximum absolute atomic E-state index is 4.51. The lowest BCUT2D eigenvalue weighted by atomic mass is 10.0. The number of allylic oxidation sites excluding steroid dienone is 2. The summed E-state index contributed by atoms with van der Waals surface area (Å²) in [6, 6.07) is 8.56. The van der Waals surface area contributed by atoms with E-state index in [2.05, 4.69) is 81.1 Å². The number of aromatic amines is 3. The molecule has 5 aromatic rings. The van der Waals surface area contributed by atoms with Gasteiger partial charge in [-0.3, -0.25) is 10.2 Å². The van der Waals surface area contributed by atoms with Crippen LogP contribution in [0.5, 0.6) is 0 Å². The third kappa shape index (κ3) is 3.09. The van der Waals surface area contributed by atoms with Crippen LogP contribution in [0.4, 0.5) is 0 Å². The Morgan fingerprint density at radius 2 is 2.03 bits per heavy atom. The van der Waals surface area contributed by atoms with Gasteiger partial charge < -0.3 is 4.98 Å². The maximum atomic E-state index is 4.51. The molecule has 6 nitrogen and oxygen atoms in total. The lowest BCUT2D eigenvalue weighted by molar-refractivity contribution is 1.09. The monoisotopic (exact) mass is 412 g/mol. The van der Waals surface area contributed by atoms with E-state index >= 15 is 0 Å². The van der Waals surface area contributed by atoms with E-state index < -0.39 is 0 Å². The van der Waals surface area contributed by atoms with Crippen molar-refractivity contribution in [3.8, 4) is 22.5 Å². The minimum absolute atomic E-state index is 0.682. The summed E-state index contributed by atoms with van der Waals surface area (Å²) in [5.41, 5.74) is 7.94. The van der Waals surface area contributed by atoms with Crippen molar-refractivity contribution in [1.82, 2.24) is 30.4 Å². The van der Waals surface area contributed by atoms with Gasteiger partial charge in [-0.05, 0) is 38.1 Å². The minimum Gasteiger partial charge on any atom is -0.357 e. The summed E-state index contributed by atoms with van der Waals surface area (Å²) in [6.45, 7) is 8.11. The number of aromatic nitrogens is 6. The number of hydrogen-bond acceptors (Lipinski definition) is 4. The highest BCUT2D eigenvalue weighted by atomic mass is 32.1. The average molecular weight is 413 g/mol. The molecule has 5 heterocycles. The van der Waals surface area contributed by atoms with Gasteiger partial charge in [-0.2, -0.15) is 10.2 Å². The normalized spacial score (nSPS) is 12.0. The number of thiophene rings is 1. The summed E-state index contributed by atoms with van der Waals surface area (Å²) in [7, 11) is 0. The lowest BCUT2D eigenvalue weighted by Gasteiger charge is -2.03. The van der Waals surface area contributed by atoms with E-state index in [0.29, 0.717) is 5.65 Å². The zero-order chi connectivity index (χ0) is 20.7. The van der Waals surface area contributed by atoms with Crippen molar-refractivity contribution in [2.45, 2.75) is 13.8 Å². The van der Waals surface area contributed by atoms with Crippen LogP contribution < -0.4 is 0 Å². The Hall–Kier alpha value is -3.71. The van der Waals surface area contributed by atoms with E-state index in [9.17, 15) is 0 Å². The summed E-state index contributed by atoms with van der Waals surface area (Å²) in [5, 5.41) is 15.4. The number of nitrogens with zero attached hydrogens (tertiary/aromatic N) is 3. The van der Waals surface area contributed by atoms with Crippen LogP contribution in [0, 0.1) is 13.8 Å². The van der Waals surface area contributed by atoms with Gasteiger partial charge in [-0.25, -0.2) is 4.98 Å². The molecule has 0 spiro atoms. The Morgan fingerprint density at radius 1 is 1.13 bits per heavy atom. The SMILES string of the molecule is C=C/C=C(/c1ccc(C)s1)c1cc(-c2[nH]nc3ncc(-c4cn[nH]c4)cc23)[nH]c1C. The fourth-order valence-corrected chi connectivity index (χ4v) is 4.55. The fraction of sp³-hybridized carbons (Fsp3) is 0.0870. The molecule has 0 radical (unpaired) electrons. The quantitative estimate of drug-likeness (QED) is 0.327. The molecular formula is C23H20N6S. The third-order valence-electron chi connectivity index (χ3n) is 5.11. The van der Waals surface area contributed by atoms with Crippen molar-refractivity contribution < 1.29 is 0 Å². The zero-order valence-corrected chi connectivity index (χ0v) is 17.5. The van der Waals surface area contributed by atoms with Crippen molar-refractivity contribution in [3.63, 3.8) is 0 Å². The number of H-pyrrole nitrogens is 3. The first-order chi connectivity index (χ1) is 14.6. The largest absolute Gasteiger partial charge is 0.357 e. The van der Waals surface area contributed by atoms with Gasteiger partial charge in [-0.15, -0.1) is 11.3 Å². The molecule has 0 saturated carbocycles. The predicted octanol–water partition coefficient (Wildman–Crippen LogP) is 5.64. The van der Waals surface area contributed by atoms with Gasteiger partial charge in [0, 0.05) is 55.5 Å². The van der Waals surface area contributed by atoms with Gasteiger partial charge in [0.05, 0.1) is 17.6 Å². The van der Waals surface area contributed by atoms with Crippen molar-refractivity contribution in [3.05, 3.63) is 82.6 Å². The molecule has 5 aromatic heterocycles. The number of nitrogens with one attached hydrogen (secondary N) is 3. The van der Waals surface area contributed by atoms with Crippen LogP contribution in [-0.4, -0.2) is 30.4 Å². The van der Waals surface area contributed by atoms with Crippen molar-refractivity contribution in [2.24, 2.45) is 0 Å². The average Bonchev–Trinajstić information content (AvgIpc) is 3.52. The van der Waals surface area contributed by atoms with Gasteiger partial charge in [0.2, 0.25) is 0 Å². The summed E-state index contributed by atoms with van der Waals surface area (Å²) in [4.78, 5) is 10.5. The molecule has 0 aromatic carbocycles. The van der Waals surface area contributed by atoms with Gasteiger partial charge in [0.15, 0.2) is 5.65 Å². The Balaban J connectivity index is 1.62. The molecule has 0 amide bonds. The highest BCUT2D eigenvalue weighted by molar-refractivity contribution is 7.13. The highest BCUT2D eigenvalue weighted by Crippen LogP contribution is 2.35. The molecule has 3 N–H and O–H groups in total. The number of pyridine rings is 1. The summed E-state index contributed by atoms with van der Waals surface area (Å²) >= 11 is 1.78. The Kier molecular flexibility index (Phi) is 4.44. The van der Waals surface area contributed by atoms with E-state index in [1.807, 2.05) is 18.5 Å². The van der Waals surface area contributed by atoms with Gasteiger partial charge in [0.1, 0.15) is 0 Å². The molecule has 5 rings (SSSR count). The molecule has 0 aliphatic carbocycles. The van der Waals surface area contributed by atoms with E-state index in [-0.39, 0.29) is 0 Å². The molecule has 0 saturated heterocycles. The molecule has 0 atom stereocenters. The van der Waals surface area contributed by atoms with E-state index in [0.717, 1.165) is 44.7 Å². The van der Waals surface area contributed by atoms with Gasteiger partial charge >= 0.3 is 0 Å². The Morgan fingerprint density at radius 3 is 2.77 bits per heavy atom. The molecule has 148 valence electrons. The Labute approximate surface area is 177 Å². The molecule has 30 heavy (non-hydrogen) atoms. The van der Waals surface area contributed by atoms with Crippen LogP contribution in [0.3, 0.4) is 0 Å². The number of rotatable bonds is 5. The second-order valence-corrected chi connectivity index (χ2v) is 8.42. The summed E-state index contributed by atoms with van der Waals surface area (Å²) < 4.78 is 0. The predicted molar refractivity (Wildman–Crippen MR) is 122 cm³/mol. The van der Waals surface area contributed by atoms with E-state index in [4.69, 9.17) is 0 Å². The number of hydrogen-bond donors (Lipinski definition) is 3. The molecule has 0 bridgehead atoms.